The van der Waals surface area contributed by atoms with Crippen molar-refractivity contribution < 1.29 is 39.3 Å². The van der Waals surface area contributed by atoms with Gasteiger partial charge in [-0.1, -0.05) is 32.4 Å². The van der Waals surface area contributed by atoms with Gasteiger partial charge < -0.3 is 42.7 Å². The van der Waals surface area contributed by atoms with Crippen molar-refractivity contribution in [2.24, 2.45) is 17.4 Å². The van der Waals surface area contributed by atoms with E-state index >= 15 is 0 Å². The van der Waals surface area contributed by atoms with Gasteiger partial charge in [-0.2, -0.15) is 0 Å². The minimum absolute atomic E-state index is 0.0181. The van der Waals surface area contributed by atoms with Gasteiger partial charge in [0.2, 0.25) is 23.6 Å². The number of carbonyl (C=O) groups is 5. The summed E-state index contributed by atoms with van der Waals surface area (Å²) in [6, 6.07) is 0.238. The smallest absolute Gasteiger partial charge is 0.326 e. The van der Waals surface area contributed by atoms with Crippen molar-refractivity contribution in [1.82, 2.24) is 16.0 Å². The number of phenols is 1. The van der Waals surface area contributed by atoms with Crippen LogP contribution in [0.2, 0.25) is 0 Å². The summed E-state index contributed by atoms with van der Waals surface area (Å²) in [5.74, 6) is -5.22. The molecule has 13 nitrogen and oxygen atoms in total. The molecule has 0 aliphatic heterocycles. The third-order valence-electron chi connectivity index (χ3n) is 5.40. The van der Waals surface area contributed by atoms with E-state index < -0.39 is 66.8 Å². The van der Waals surface area contributed by atoms with E-state index in [0.717, 1.165) is 0 Å². The molecule has 1 aromatic rings. The Kier molecular flexibility index (Phi) is 11.6. The summed E-state index contributed by atoms with van der Waals surface area (Å²) >= 11 is 0. The molecular formula is C22H33N5O8. The predicted molar refractivity (Wildman–Crippen MR) is 124 cm³/mol. The maximum atomic E-state index is 12.7. The first-order chi connectivity index (χ1) is 16.4. The van der Waals surface area contributed by atoms with Gasteiger partial charge in [-0.3, -0.25) is 19.2 Å². The highest BCUT2D eigenvalue weighted by molar-refractivity contribution is 5.96. The number of aliphatic carboxylic acids is 1. The van der Waals surface area contributed by atoms with Crippen LogP contribution in [0.15, 0.2) is 24.3 Å². The molecule has 0 bridgehead atoms. The second-order valence-corrected chi connectivity index (χ2v) is 8.16. The molecule has 4 amide bonds. The lowest BCUT2D eigenvalue weighted by Crippen LogP contribution is -2.59. The zero-order valence-electron chi connectivity index (χ0n) is 19.6. The van der Waals surface area contributed by atoms with Gasteiger partial charge in [0, 0.05) is 6.42 Å². The summed E-state index contributed by atoms with van der Waals surface area (Å²) in [7, 11) is 0. The van der Waals surface area contributed by atoms with Crippen LogP contribution in [-0.2, 0) is 30.4 Å². The number of phenolic OH excluding ortho intramolecular Hbond substituents is 1. The lowest BCUT2D eigenvalue weighted by atomic mass is 9.99. The molecule has 0 aromatic heterocycles. The molecule has 0 saturated carbocycles. The van der Waals surface area contributed by atoms with Crippen LogP contribution in [-0.4, -0.2) is 75.7 Å². The van der Waals surface area contributed by atoms with Crippen molar-refractivity contribution >= 4 is 29.6 Å². The molecule has 5 atom stereocenters. The van der Waals surface area contributed by atoms with Gasteiger partial charge in [0.25, 0.3) is 0 Å². The number of carboxylic acids is 1. The molecule has 1 aromatic carbocycles. The zero-order chi connectivity index (χ0) is 26.7. The number of hydrogen-bond donors (Lipinski definition) is 8. The van der Waals surface area contributed by atoms with E-state index in [1.807, 2.05) is 6.92 Å². The summed E-state index contributed by atoms with van der Waals surface area (Å²) in [5, 5.41) is 35.1. The lowest BCUT2D eigenvalue weighted by molar-refractivity contribution is -0.142. The van der Waals surface area contributed by atoms with Crippen LogP contribution >= 0.6 is 0 Å². The van der Waals surface area contributed by atoms with Crippen LogP contribution in [0.5, 0.6) is 5.75 Å². The summed E-state index contributed by atoms with van der Waals surface area (Å²) in [6.07, 6.45) is -0.145. The number of hydrogen-bond acceptors (Lipinski definition) is 8. The summed E-state index contributed by atoms with van der Waals surface area (Å²) < 4.78 is 0. The van der Waals surface area contributed by atoms with Crippen LogP contribution in [0.1, 0.15) is 32.3 Å². The van der Waals surface area contributed by atoms with E-state index in [9.17, 15) is 39.3 Å². The van der Waals surface area contributed by atoms with Crippen molar-refractivity contribution in [1.29, 1.82) is 0 Å². The number of nitrogens with one attached hydrogen (secondary N) is 3. The van der Waals surface area contributed by atoms with Gasteiger partial charge >= 0.3 is 5.97 Å². The van der Waals surface area contributed by atoms with Gasteiger partial charge in [0.15, 0.2) is 0 Å². The fraction of sp³-hybridized carbons (Fsp3) is 0.500. The highest BCUT2D eigenvalue weighted by Crippen LogP contribution is 2.12. The number of benzene rings is 1. The molecule has 1 rings (SSSR count). The van der Waals surface area contributed by atoms with Gasteiger partial charge in [-0.15, -0.1) is 0 Å². The van der Waals surface area contributed by atoms with Crippen LogP contribution in [0.3, 0.4) is 0 Å². The van der Waals surface area contributed by atoms with Gasteiger partial charge in [0.1, 0.15) is 23.9 Å². The Labute approximate surface area is 202 Å². The summed E-state index contributed by atoms with van der Waals surface area (Å²) in [6.45, 7) is 2.66. The molecule has 0 unspecified atom stereocenters. The second kappa shape index (κ2) is 13.9. The number of carboxylic acid groups (broad SMARTS) is 1. The Bertz CT molecular complexity index is 908. The first-order valence-corrected chi connectivity index (χ1v) is 11.0. The number of primary amides is 1. The summed E-state index contributed by atoms with van der Waals surface area (Å²) in [4.78, 5) is 60.7. The standard InChI is InChI=1S/C22H33N5O8/c1-3-11(2)18(24)21(33)25-14(9-17(23)30)19(31)27-16(10-28)20(32)26-15(22(34)35)8-12-4-6-13(29)7-5-12/h4-7,11,14-16,18,28-29H,3,8-10,24H2,1-2H3,(H2,23,30)(H,25,33)(H,26,32)(H,27,31)(H,34,35)/t11-,14-,15-,16-,18-/m0/s1. The first kappa shape index (κ1) is 29.3. The SMILES string of the molecule is CC[C@H](C)[C@H](N)C(=O)N[C@@H](CC(N)=O)C(=O)N[C@@H](CO)C(=O)N[C@@H](Cc1ccc(O)cc1)C(=O)O. The molecule has 194 valence electrons. The maximum Gasteiger partial charge on any atom is 0.326 e. The molecule has 13 heteroatoms. The van der Waals surface area contributed by atoms with Crippen molar-refractivity contribution in [3.05, 3.63) is 29.8 Å². The Morgan fingerprint density at radius 1 is 0.914 bits per heavy atom. The number of aliphatic hydroxyl groups is 1. The van der Waals surface area contributed by atoms with E-state index in [1.54, 1.807) is 6.92 Å². The fourth-order valence-electron chi connectivity index (χ4n) is 3.00. The first-order valence-electron chi connectivity index (χ1n) is 11.0. The van der Waals surface area contributed by atoms with E-state index in [4.69, 9.17) is 11.5 Å². The number of aromatic hydroxyl groups is 1. The van der Waals surface area contributed by atoms with Crippen LogP contribution in [0, 0.1) is 5.92 Å². The molecule has 0 heterocycles. The molecule has 10 N–H and O–H groups in total. The van der Waals surface area contributed by atoms with E-state index in [-0.39, 0.29) is 18.1 Å². The van der Waals surface area contributed by atoms with E-state index in [0.29, 0.717) is 12.0 Å². The molecule has 0 fully saturated rings. The lowest BCUT2D eigenvalue weighted by Gasteiger charge is -2.25. The molecule has 0 spiro atoms. The molecular weight excluding hydrogens is 462 g/mol. The Balaban J connectivity index is 2.90. The number of carbonyl (C=O) groups excluding carboxylic acids is 4. The topological polar surface area (TPSA) is 234 Å². The number of amides is 4. The molecule has 35 heavy (non-hydrogen) atoms. The van der Waals surface area contributed by atoms with Crippen LogP contribution < -0.4 is 27.4 Å². The quantitative estimate of drug-likeness (QED) is 0.138. The maximum absolute atomic E-state index is 12.7. The van der Waals surface area contributed by atoms with Crippen molar-refractivity contribution in [2.75, 3.05) is 6.61 Å². The predicted octanol–water partition coefficient (Wildman–Crippen LogP) is -2.29. The minimum Gasteiger partial charge on any atom is -0.508 e. The molecule has 0 saturated heterocycles. The largest absolute Gasteiger partial charge is 0.508 e. The normalized spacial score (nSPS) is 15.1. The molecule has 0 aliphatic carbocycles. The van der Waals surface area contributed by atoms with Crippen molar-refractivity contribution in [3.8, 4) is 5.75 Å². The highest BCUT2D eigenvalue weighted by Gasteiger charge is 2.31. The van der Waals surface area contributed by atoms with Crippen molar-refractivity contribution in [3.63, 3.8) is 0 Å². The highest BCUT2D eigenvalue weighted by atomic mass is 16.4. The number of aliphatic hydroxyl groups excluding tert-OH is 1. The average Bonchev–Trinajstić information content (AvgIpc) is 2.81. The Hall–Kier alpha value is -3.71. The second-order valence-electron chi connectivity index (χ2n) is 8.16. The third kappa shape index (κ3) is 9.59. The Morgan fingerprint density at radius 2 is 1.43 bits per heavy atom. The fourth-order valence-corrected chi connectivity index (χ4v) is 3.00. The van der Waals surface area contributed by atoms with E-state index in [2.05, 4.69) is 16.0 Å². The van der Waals surface area contributed by atoms with Crippen LogP contribution in [0.4, 0.5) is 0 Å². The number of nitrogens with two attached hydrogens (primary N) is 2. The summed E-state index contributed by atoms with van der Waals surface area (Å²) in [5.41, 5.74) is 11.5. The van der Waals surface area contributed by atoms with Gasteiger partial charge in [0.05, 0.1) is 19.1 Å². The van der Waals surface area contributed by atoms with Gasteiger partial charge in [-0.05, 0) is 23.6 Å². The molecule has 0 radical (unpaired) electrons. The average molecular weight is 496 g/mol. The Morgan fingerprint density at radius 3 is 1.91 bits per heavy atom. The molecule has 0 aliphatic rings. The van der Waals surface area contributed by atoms with Gasteiger partial charge in [-0.25, -0.2) is 4.79 Å². The van der Waals surface area contributed by atoms with Crippen molar-refractivity contribution in [2.45, 2.75) is 57.3 Å². The van der Waals surface area contributed by atoms with Crippen LogP contribution in [0.25, 0.3) is 0 Å². The zero-order valence-corrected chi connectivity index (χ0v) is 19.6. The third-order valence-corrected chi connectivity index (χ3v) is 5.40. The van der Waals surface area contributed by atoms with E-state index in [1.165, 1.54) is 24.3 Å². The monoisotopic (exact) mass is 495 g/mol. The minimum atomic E-state index is -1.58. The number of rotatable bonds is 14.